The first-order chi connectivity index (χ1) is 21.5. The number of aldehydes is 1. The first kappa shape index (κ1) is 28.4. The zero-order valence-electron chi connectivity index (χ0n) is 25.1. The Labute approximate surface area is 258 Å². The van der Waals surface area contributed by atoms with Crippen LogP contribution in [-0.2, 0) is 0 Å². The fraction of sp³-hybridized carbons (Fsp3) is 0.0488. The van der Waals surface area contributed by atoms with Gasteiger partial charge < -0.3 is 9.13 Å². The van der Waals surface area contributed by atoms with Crippen LogP contribution in [0.25, 0.3) is 56.5 Å². The lowest BCUT2D eigenvalue weighted by molar-refractivity contribution is 0.111. The molecule has 4 aromatic carbocycles. The van der Waals surface area contributed by atoms with Gasteiger partial charge in [-0.2, -0.15) is 0 Å². The number of nitrogens with zero attached hydrogens (tertiary/aromatic N) is 2. The summed E-state index contributed by atoms with van der Waals surface area (Å²) in [6.07, 6.45) is 14.6. The third kappa shape index (κ3) is 5.21. The van der Waals surface area contributed by atoms with E-state index in [0.717, 1.165) is 51.1 Å². The predicted molar refractivity (Wildman–Crippen MR) is 189 cm³/mol. The zero-order valence-corrected chi connectivity index (χ0v) is 25.1. The highest BCUT2D eigenvalue weighted by Crippen LogP contribution is 2.34. The van der Waals surface area contributed by atoms with E-state index in [4.69, 9.17) is 0 Å². The van der Waals surface area contributed by atoms with Crippen LogP contribution in [0.3, 0.4) is 0 Å². The van der Waals surface area contributed by atoms with E-state index in [0.29, 0.717) is 5.69 Å². The fourth-order valence-corrected chi connectivity index (χ4v) is 5.87. The summed E-state index contributed by atoms with van der Waals surface area (Å²) in [6, 6.07) is 33.9. The maximum absolute atomic E-state index is 12.2. The molecular formula is C41H34N2O. The lowest BCUT2D eigenvalue weighted by Crippen LogP contribution is -1.98. The summed E-state index contributed by atoms with van der Waals surface area (Å²) < 4.78 is 4.25. The summed E-state index contributed by atoms with van der Waals surface area (Å²) in [4.78, 5) is 12.2. The van der Waals surface area contributed by atoms with Crippen LogP contribution in [0.1, 0.15) is 46.6 Å². The van der Waals surface area contributed by atoms with E-state index in [2.05, 4.69) is 117 Å². The van der Waals surface area contributed by atoms with Gasteiger partial charge in [-0.25, -0.2) is 0 Å². The molecule has 0 atom stereocenters. The smallest absolute Gasteiger partial charge is 0.167 e. The van der Waals surface area contributed by atoms with Crippen LogP contribution in [0.15, 0.2) is 141 Å². The van der Waals surface area contributed by atoms with Crippen molar-refractivity contribution in [2.45, 2.75) is 13.8 Å². The van der Waals surface area contributed by atoms with E-state index in [1.54, 1.807) is 12.2 Å². The second kappa shape index (κ2) is 12.3. The Morgan fingerprint density at radius 1 is 0.705 bits per heavy atom. The number of hydrogen-bond acceptors (Lipinski definition) is 1. The average molecular weight is 571 g/mol. The molecule has 0 N–H and O–H groups in total. The molecule has 0 saturated carbocycles. The monoisotopic (exact) mass is 570 g/mol. The Morgan fingerprint density at radius 3 is 2.11 bits per heavy atom. The molecule has 0 saturated heterocycles. The van der Waals surface area contributed by atoms with Crippen LogP contribution < -0.4 is 0 Å². The summed E-state index contributed by atoms with van der Waals surface area (Å²) >= 11 is 0. The number of aromatic nitrogens is 2. The van der Waals surface area contributed by atoms with Crippen LogP contribution >= 0.6 is 0 Å². The van der Waals surface area contributed by atoms with E-state index in [1.807, 2.05) is 47.2 Å². The van der Waals surface area contributed by atoms with Crippen LogP contribution in [0.5, 0.6) is 0 Å². The van der Waals surface area contributed by atoms with Gasteiger partial charge in [-0.3, -0.25) is 4.79 Å². The molecule has 0 unspecified atom stereocenters. The Hall–Kier alpha value is -5.67. The maximum Gasteiger partial charge on any atom is 0.167 e. The number of fused-ring (bicyclic) bond motifs is 3. The Morgan fingerprint density at radius 2 is 1.39 bits per heavy atom. The summed E-state index contributed by atoms with van der Waals surface area (Å²) in [7, 11) is 0. The normalized spacial score (nSPS) is 12.3. The first-order valence-electron chi connectivity index (χ1n) is 14.7. The molecule has 0 fully saturated rings. The van der Waals surface area contributed by atoms with Gasteiger partial charge in [-0.1, -0.05) is 104 Å². The molecule has 0 aliphatic rings. The van der Waals surface area contributed by atoms with Gasteiger partial charge in [-0.15, -0.1) is 0 Å². The van der Waals surface area contributed by atoms with Gasteiger partial charge in [0.15, 0.2) is 6.29 Å². The molecule has 2 aromatic heterocycles. The topological polar surface area (TPSA) is 26.9 Å². The second-order valence-electron chi connectivity index (χ2n) is 10.8. The Balaban J connectivity index is 1.34. The lowest BCUT2D eigenvalue weighted by Gasteiger charge is -2.08. The van der Waals surface area contributed by atoms with Crippen molar-refractivity contribution in [3.63, 3.8) is 0 Å². The molecule has 214 valence electrons. The minimum absolute atomic E-state index is 0.576. The quantitative estimate of drug-likeness (QED) is 0.125. The summed E-state index contributed by atoms with van der Waals surface area (Å²) in [5.41, 5.74) is 11.3. The zero-order chi connectivity index (χ0) is 30.6. The fourth-order valence-electron chi connectivity index (χ4n) is 5.87. The number of para-hydroxylation sites is 2. The average Bonchev–Trinajstić information content (AvgIpc) is 3.60. The third-order valence-corrected chi connectivity index (χ3v) is 8.16. The largest absolute Gasteiger partial charge is 0.313 e. The third-order valence-electron chi connectivity index (χ3n) is 8.16. The van der Waals surface area contributed by atoms with Gasteiger partial charge in [0.2, 0.25) is 0 Å². The van der Waals surface area contributed by atoms with Crippen molar-refractivity contribution in [2.24, 2.45) is 0 Å². The molecule has 6 aromatic rings. The molecule has 0 spiro atoms. The minimum atomic E-state index is 0.576. The van der Waals surface area contributed by atoms with Crippen molar-refractivity contribution in [1.82, 2.24) is 9.13 Å². The van der Waals surface area contributed by atoms with Gasteiger partial charge in [0.1, 0.15) is 0 Å². The van der Waals surface area contributed by atoms with Crippen molar-refractivity contribution in [3.05, 3.63) is 169 Å². The lowest BCUT2D eigenvalue weighted by atomic mass is 10.0. The summed E-state index contributed by atoms with van der Waals surface area (Å²) in [5.74, 6) is 0. The number of carbonyl (C=O) groups excluding carboxylic acids is 1. The standard InChI is InChI=1S/C41H34N2O/c1-5-13-29(3)31-20-23-34(24-21-31)42-27-33(36(6-2)41(42)28-44)15-12-14-30(4)32-22-25-40-38(26-32)37-18-10-11-19-39(37)43(40)35-16-8-7-9-17-35/h5-28H,1-2H2,3-4H3/b15-12-,29-13+,30-14+. The van der Waals surface area contributed by atoms with E-state index < -0.39 is 0 Å². The van der Waals surface area contributed by atoms with Crippen molar-refractivity contribution < 1.29 is 4.79 Å². The van der Waals surface area contributed by atoms with E-state index in [9.17, 15) is 4.79 Å². The van der Waals surface area contributed by atoms with E-state index in [-0.39, 0.29) is 0 Å². The molecule has 0 aliphatic heterocycles. The molecule has 3 heteroatoms. The SMILES string of the molecule is C=C/C=C(\C)c1ccc(-n2cc(/C=C\C=C(/C)c3ccc4c(c3)c3ccccc3n4-c3ccccc3)c(C=C)c2C=O)cc1. The Kier molecular flexibility index (Phi) is 7.94. The van der Waals surface area contributed by atoms with Crippen LogP contribution in [0.2, 0.25) is 0 Å². The number of allylic oxidation sites excluding steroid dienone is 6. The molecular weight excluding hydrogens is 536 g/mol. The Bertz CT molecular complexity index is 2110. The number of hydrogen-bond donors (Lipinski definition) is 0. The van der Waals surface area contributed by atoms with Gasteiger partial charge in [0.25, 0.3) is 0 Å². The molecule has 0 radical (unpaired) electrons. The molecule has 0 aliphatic carbocycles. The highest BCUT2D eigenvalue weighted by atomic mass is 16.1. The summed E-state index contributed by atoms with van der Waals surface area (Å²) in [6.45, 7) is 12.0. The van der Waals surface area contributed by atoms with Gasteiger partial charge >= 0.3 is 0 Å². The van der Waals surface area contributed by atoms with Gasteiger partial charge in [0, 0.05) is 39.5 Å². The van der Waals surface area contributed by atoms with Crippen LogP contribution in [0.4, 0.5) is 0 Å². The molecule has 3 nitrogen and oxygen atoms in total. The van der Waals surface area contributed by atoms with Crippen LogP contribution in [0, 0.1) is 0 Å². The first-order valence-corrected chi connectivity index (χ1v) is 14.7. The van der Waals surface area contributed by atoms with Gasteiger partial charge in [0.05, 0.1) is 16.7 Å². The van der Waals surface area contributed by atoms with Crippen molar-refractivity contribution in [1.29, 1.82) is 0 Å². The molecule has 2 heterocycles. The van der Waals surface area contributed by atoms with Crippen molar-refractivity contribution in [3.8, 4) is 11.4 Å². The minimum Gasteiger partial charge on any atom is -0.313 e. The van der Waals surface area contributed by atoms with E-state index in [1.165, 1.54) is 21.8 Å². The highest BCUT2D eigenvalue weighted by Gasteiger charge is 2.14. The number of rotatable bonds is 9. The molecule has 0 amide bonds. The van der Waals surface area contributed by atoms with Crippen molar-refractivity contribution >= 4 is 51.4 Å². The highest BCUT2D eigenvalue weighted by molar-refractivity contribution is 6.10. The van der Waals surface area contributed by atoms with Gasteiger partial charge in [-0.05, 0) is 78.6 Å². The predicted octanol–water partition coefficient (Wildman–Crippen LogP) is 10.7. The number of carbonyl (C=O) groups is 1. The molecule has 0 bridgehead atoms. The maximum atomic E-state index is 12.2. The second-order valence-corrected chi connectivity index (χ2v) is 10.8. The summed E-state index contributed by atoms with van der Waals surface area (Å²) in [5, 5.41) is 2.45. The molecule has 6 rings (SSSR count). The van der Waals surface area contributed by atoms with Crippen LogP contribution in [-0.4, -0.2) is 15.4 Å². The van der Waals surface area contributed by atoms with E-state index >= 15 is 0 Å². The molecule has 44 heavy (non-hydrogen) atoms. The van der Waals surface area contributed by atoms with Crippen molar-refractivity contribution in [2.75, 3.05) is 0 Å². The number of benzene rings is 4.